The molecule has 0 aliphatic heterocycles. The van der Waals surface area contributed by atoms with E-state index in [1.807, 2.05) is 0 Å². The highest BCUT2D eigenvalue weighted by molar-refractivity contribution is 7.19. The van der Waals surface area contributed by atoms with Gasteiger partial charge in [0.25, 0.3) is 0 Å². The number of aliphatic carboxylic acids is 1. The van der Waals surface area contributed by atoms with Crippen LogP contribution in [0.25, 0.3) is 0 Å². The van der Waals surface area contributed by atoms with Gasteiger partial charge < -0.3 is 5.11 Å². The minimum absolute atomic E-state index is 0.345. The minimum Gasteiger partial charge on any atom is -0.481 e. The van der Waals surface area contributed by atoms with Crippen LogP contribution in [0.1, 0.15) is 205 Å². The molecule has 0 radical (unpaired) electrons. The van der Waals surface area contributed by atoms with Crippen LogP contribution in [0.2, 0.25) is 19.1 Å². The zero-order valence-electron chi connectivity index (χ0n) is 27.6. The molecule has 0 atom stereocenters. The molecule has 0 aliphatic carbocycles. The lowest BCUT2D eigenvalue weighted by Crippen LogP contribution is -2.14. The Bertz CT molecular complexity index is 506. The number of carbonyl (C=O) groups is 1. The second kappa shape index (κ2) is 31.9. The SMILES string of the molecule is C[Si](C)(Cl)CCCCCCCCCCCCCCCCCCCCCCCCCCCCCCCCCC(=O)O. The van der Waals surface area contributed by atoms with Gasteiger partial charge in [-0.2, -0.15) is 11.1 Å². The molecule has 4 heteroatoms. The molecule has 0 unspecified atom stereocenters. The summed E-state index contributed by atoms with van der Waals surface area (Å²) in [7, 11) is -1.32. The molecule has 240 valence electrons. The van der Waals surface area contributed by atoms with E-state index >= 15 is 0 Å². The van der Waals surface area contributed by atoms with Crippen LogP contribution >= 0.6 is 11.1 Å². The van der Waals surface area contributed by atoms with Crippen LogP contribution in [0.4, 0.5) is 0 Å². The van der Waals surface area contributed by atoms with Gasteiger partial charge in [0.05, 0.1) is 0 Å². The van der Waals surface area contributed by atoms with Crippen molar-refractivity contribution in [1.82, 2.24) is 0 Å². The van der Waals surface area contributed by atoms with Gasteiger partial charge in [-0.15, -0.1) is 0 Å². The van der Waals surface area contributed by atoms with Crippen molar-refractivity contribution >= 4 is 24.4 Å². The van der Waals surface area contributed by atoms with Gasteiger partial charge in [-0.25, -0.2) is 0 Å². The van der Waals surface area contributed by atoms with Crippen LogP contribution in [0.15, 0.2) is 0 Å². The van der Waals surface area contributed by atoms with Gasteiger partial charge in [0.15, 0.2) is 0 Å². The second-order valence-electron chi connectivity index (χ2n) is 13.6. The van der Waals surface area contributed by atoms with Gasteiger partial charge in [0.1, 0.15) is 7.38 Å². The van der Waals surface area contributed by atoms with E-state index in [1.165, 1.54) is 192 Å². The predicted octanol–water partition coefficient (Wildman–Crippen LogP) is 14.0. The van der Waals surface area contributed by atoms with Crippen LogP contribution < -0.4 is 0 Å². The summed E-state index contributed by atoms with van der Waals surface area (Å²) in [6.07, 6.45) is 43.6. The third-order valence-electron chi connectivity index (χ3n) is 8.66. The van der Waals surface area contributed by atoms with E-state index < -0.39 is 13.4 Å². The van der Waals surface area contributed by atoms with E-state index in [1.54, 1.807) is 0 Å². The Morgan fingerprint density at radius 2 is 0.575 bits per heavy atom. The highest BCUT2D eigenvalue weighted by atomic mass is 35.6. The molecule has 0 heterocycles. The summed E-state index contributed by atoms with van der Waals surface area (Å²) in [5.74, 6) is -0.649. The van der Waals surface area contributed by atoms with E-state index in [0.29, 0.717) is 6.42 Å². The first-order valence-electron chi connectivity index (χ1n) is 18.3. The molecule has 0 spiro atoms. The first-order valence-corrected chi connectivity index (χ1v) is 22.5. The van der Waals surface area contributed by atoms with Crippen molar-refractivity contribution in [2.24, 2.45) is 0 Å². The maximum Gasteiger partial charge on any atom is 0.303 e. The smallest absolute Gasteiger partial charge is 0.303 e. The number of carboxylic acid groups (broad SMARTS) is 1. The highest BCUT2D eigenvalue weighted by Crippen LogP contribution is 2.20. The van der Waals surface area contributed by atoms with Crippen molar-refractivity contribution in [2.45, 2.75) is 225 Å². The van der Waals surface area contributed by atoms with E-state index in [4.69, 9.17) is 16.2 Å². The van der Waals surface area contributed by atoms with Gasteiger partial charge in [-0.1, -0.05) is 206 Å². The van der Waals surface area contributed by atoms with E-state index in [0.717, 1.165) is 12.8 Å². The van der Waals surface area contributed by atoms with E-state index in [-0.39, 0.29) is 0 Å². The molecule has 0 amide bonds. The lowest BCUT2D eigenvalue weighted by molar-refractivity contribution is -0.137. The molecule has 0 saturated heterocycles. The Hall–Kier alpha value is -0.0231. The summed E-state index contributed by atoms with van der Waals surface area (Å²) in [6, 6.07) is 1.29. The van der Waals surface area contributed by atoms with Crippen LogP contribution in [-0.4, -0.2) is 18.5 Å². The third kappa shape index (κ3) is 38.0. The van der Waals surface area contributed by atoms with E-state index in [2.05, 4.69) is 13.1 Å². The third-order valence-corrected chi connectivity index (χ3v) is 10.8. The summed E-state index contributed by atoms with van der Waals surface area (Å²) in [5.41, 5.74) is 0. The lowest BCUT2D eigenvalue weighted by Gasteiger charge is -2.11. The molecular weight excluding hydrogens is 528 g/mol. The monoisotopic (exact) mass is 601 g/mol. The fourth-order valence-electron chi connectivity index (χ4n) is 5.95. The molecule has 40 heavy (non-hydrogen) atoms. The zero-order valence-corrected chi connectivity index (χ0v) is 29.3. The maximum absolute atomic E-state index is 10.5. The quantitative estimate of drug-likeness (QED) is 0.0453. The molecular formula is C36H73ClO2Si. The Kier molecular flexibility index (Phi) is 31.9. The van der Waals surface area contributed by atoms with Gasteiger partial charge in [-0.3, -0.25) is 4.79 Å². The number of hydrogen-bond acceptors (Lipinski definition) is 1. The topological polar surface area (TPSA) is 37.3 Å². The highest BCUT2D eigenvalue weighted by Gasteiger charge is 2.15. The lowest BCUT2D eigenvalue weighted by atomic mass is 10.0. The molecule has 0 saturated carbocycles. The van der Waals surface area contributed by atoms with Crippen LogP contribution in [0.3, 0.4) is 0 Å². The number of halogens is 1. The molecule has 0 rings (SSSR count). The fraction of sp³-hybridized carbons (Fsp3) is 0.972. The summed E-state index contributed by atoms with van der Waals surface area (Å²) in [5, 5.41) is 8.63. The van der Waals surface area contributed by atoms with E-state index in [9.17, 15) is 4.79 Å². The van der Waals surface area contributed by atoms with Crippen molar-refractivity contribution in [3.05, 3.63) is 0 Å². The molecule has 0 aromatic carbocycles. The van der Waals surface area contributed by atoms with Gasteiger partial charge in [0, 0.05) is 6.42 Å². The zero-order chi connectivity index (χ0) is 29.4. The average Bonchev–Trinajstić information content (AvgIpc) is 2.90. The summed E-state index contributed by atoms with van der Waals surface area (Å²) in [6.45, 7) is 4.54. The van der Waals surface area contributed by atoms with Crippen molar-refractivity contribution < 1.29 is 9.90 Å². The first-order chi connectivity index (χ1) is 19.4. The second-order valence-corrected chi connectivity index (χ2v) is 20.6. The van der Waals surface area contributed by atoms with Crippen LogP contribution in [-0.2, 0) is 4.79 Å². The first kappa shape index (κ1) is 40.0. The van der Waals surface area contributed by atoms with Crippen molar-refractivity contribution in [3.8, 4) is 0 Å². The average molecular weight is 602 g/mol. The normalized spacial score (nSPS) is 11.9. The standard InChI is InChI=1S/C36H73ClO2Si/c1-40(2,37)35-33-31-29-27-25-23-21-19-17-15-13-11-9-7-5-3-4-6-8-10-12-14-16-18-20-22-24-26-28-30-32-34-36(38)39/h3-35H2,1-2H3,(H,38,39). The molecule has 2 nitrogen and oxygen atoms in total. The van der Waals surface area contributed by atoms with Gasteiger partial charge in [-0.05, 0) is 12.5 Å². The van der Waals surface area contributed by atoms with Gasteiger partial charge in [0.2, 0.25) is 0 Å². The minimum atomic E-state index is -1.32. The van der Waals surface area contributed by atoms with Crippen LogP contribution in [0.5, 0.6) is 0 Å². The Morgan fingerprint density at radius 3 is 0.750 bits per heavy atom. The van der Waals surface area contributed by atoms with Crippen molar-refractivity contribution in [3.63, 3.8) is 0 Å². The molecule has 0 aromatic rings. The number of unbranched alkanes of at least 4 members (excludes halogenated alkanes) is 30. The molecule has 0 aliphatic rings. The predicted molar refractivity (Wildman–Crippen MR) is 184 cm³/mol. The van der Waals surface area contributed by atoms with Crippen molar-refractivity contribution in [2.75, 3.05) is 0 Å². The summed E-state index contributed by atoms with van der Waals surface area (Å²) < 4.78 is 0. The van der Waals surface area contributed by atoms with Crippen LogP contribution in [0, 0.1) is 0 Å². The Morgan fingerprint density at radius 1 is 0.400 bits per heavy atom. The number of carboxylic acids is 1. The van der Waals surface area contributed by atoms with Crippen molar-refractivity contribution in [1.29, 1.82) is 0 Å². The summed E-state index contributed by atoms with van der Waals surface area (Å²) in [4.78, 5) is 10.5. The molecule has 0 aromatic heterocycles. The fourth-order valence-corrected chi connectivity index (χ4v) is 7.44. The largest absolute Gasteiger partial charge is 0.481 e. The molecule has 0 bridgehead atoms. The Labute approximate surface area is 258 Å². The molecule has 1 N–H and O–H groups in total. The number of rotatable bonds is 34. The maximum atomic E-state index is 10.5. The van der Waals surface area contributed by atoms with Gasteiger partial charge >= 0.3 is 5.97 Å². The summed E-state index contributed by atoms with van der Waals surface area (Å²) >= 11 is 6.39. The Balaban J connectivity index is 3.05. The number of hydrogen-bond donors (Lipinski definition) is 1. The molecule has 0 fully saturated rings.